The molecule has 4 nitrogen and oxygen atoms in total. The fraction of sp³-hybridized carbons (Fsp3) is 0.200. The summed E-state index contributed by atoms with van der Waals surface area (Å²) >= 11 is 1.45. The fourth-order valence-electron chi connectivity index (χ4n) is 3.39. The number of amides is 1. The van der Waals surface area contributed by atoms with E-state index >= 15 is 0 Å². The number of hydrogen-bond donors (Lipinski definition) is 1. The molecule has 0 fully saturated rings. The first-order valence-corrected chi connectivity index (χ1v) is 11.2. The van der Waals surface area contributed by atoms with Crippen LogP contribution in [0.1, 0.15) is 31.7 Å². The fourth-order valence-corrected chi connectivity index (χ4v) is 4.21. The quantitative estimate of drug-likeness (QED) is 0.362. The summed E-state index contributed by atoms with van der Waals surface area (Å²) in [6, 6.07) is 26.3. The van der Waals surface area contributed by atoms with Gasteiger partial charge in [0, 0.05) is 11.4 Å². The second-order valence-electron chi connectivity index (χ2n) is 7.32. The van der Waals surface area contributed by atoms with Gasteiger partial charge in [0.05, 0.1) is 16.8 Å². The van der Waals surface area contributed by atoms with Gasteiger partial charge in [-0.1, -0.05) is 68.1 Å². The first-order valence-electron chi connectivity index (χ1n) is 10.2. The summed E-state index contributed by atoms with van der Waals surface area (Å²) in [6.45, 7) is 4.39. The second-order valence-corrected chi connectivity index (χ2v) is 8.26. The predicted molar refractivity (Wildman–Crippen MR) is 126 cm³/mol. The molecule has 0 bridgehead atoms. The van der Waals surface area contributed by atoms with Crippen LogP contribution in [0.3, 0.4) is 0 Å². The zero-order valence-electron chi connectivity index (χ0n) is 17.2. The van der Waals surface area contributed by atoms with Gasteiger partial charge in [-0.25, -0.2) is 4.98 Å². The smallest absolute Gasteiger partial charge is 0.234 e. The number of imidazole rings is 1. The average Bonchev–Trinajstić information content (AvgIpc) is 3.16. The van der Waals surface area contributed by atoms with Gasteiger partial charge in [0.25, 0.3) is 0 Å². The number of benzene rings is 3. The molecule has 1 aromatic heterocycles. The molecule has 0 aliphatic heterocycles. The van der Waals surface area contributed by atoms with Crippen LogP contribution in [-0.2, 0) is 4.79 Å². The maximum Gasteiger partial charge on any atom is 0.234 e. The van der Waals surface area contributed by atoms with Crippen LogP contribution in [0.25, 0.3) is 16.7 Å². The number of carbonyl (C=O) groups is 1. The van der Waals surface area contributed by atoms with Crippen LogP contribution in [0.5, 0.6) is 0 Å². The van der Waals surface area contributed by atoms with E-state index in [4.69, 9.17) is 4.98 Å². The predicted octanol–water partition coefficient (Wildman–Crippen LogP) is 6.27. The summed E-state index contributed by atoms with van der Waals surface area (Å²) in [5.74, 6) is 0.780. The summed E-state index contributed by atoms with van der Waals surface area (Å²) in [5.41, 5.74) is 5.11. The van der Waals surface area contributed by atoms with Crippen LogP contribution in [-0.4, -0.2) is 21.2 Å². The summed E-state index contributed by atoms with van der Waals surface area (Å²) in [4.78, 5) is 17.3. The highest BCUT2D eigenvalue weighted by Gasteiger charge is 2.14. The standard InChI is InChI=1S/C25H25N3OS/c1-3-18(2)19-13-15-20(16-14-19)26-24(29)17-30-25-27-22-11-7-8-12-23(22)28(25)21-9-5-4-6-10-21/h4-16,18H,3,17H2,1-2H3,(H,26,29). The molecule has 3 aromatic carbocycles. The molecular formula is C25H25N3OS. The third-order valence-electron chi connectivity index (χ3n) is 5.25. The van der Waals surface area contributed by atoms with Crippen molar-refractivity contribution in [1.82, 2.24) is 9.55 Å². The maximum absolute atomic E-state index is 12.6. The Morgan fingerprint density at radius 2 is 1.70 bits per heavy atom. The molecule has 1 unspecified atom stereocenters. The van der Waals surface area contributed by atoms with E-state index < -0.39 is 0 Å². The van der Waals surface area contributed by atoms with Gasteiger partial charge in [-0.2, -0.15) is 0 Å². The minimum atomic E-state index is -0.0389. The van der Waals surface area contributed by atoms with Crippen molar-refractivity contribution in [1.29, 1.82) is 0 Å². The lowest BCUT2D eigenvalue weighted by molar-refractivity contribution is -0.113. The van der Waals surface area contributed by atoms with E-state index in [1.807, 2.05) is 48.5 Å². The Bertz CT molecular complexity index is 1140. The molecule has 0 radical (unpaired) electrons. The van der Waals surface area contributed by atoms with E-state index in [1.54, 1.807) is 0 Å². The first kappa shape index (κ1) is 20.2. The molecule has 4 aromatic rings. The van der Waals surface area contributed by atoms with Crippen molar-refractivity contribution in [3.8, 4) is 5.69 Å². The Balaban J connectivity index is 1.49. The summed E-state index contributed by atoms with van der Waals surface area (Å²) < 4.78 is 2.11. The number of rotatable bonds is 7. The molecule has 0 saturated heterocycles. The Kier molecular flexibility index (Phi) is 6.19. The Morgan fingerprint density at radius 1 is 1.00 bits per heavy atom. The Hall–Kier alpha value is -3.05. The van der Waals surface area contributed by atoms with Crippen molar-refractivity contribution in [2.45, 2.75) is 31.3 Å². The lowest BCUT2D eigenvalue weighted by Gasteiger charge is -2.11. The molecular weight excluding hydrogens is 390 g/mol. The molecule has 1 atom stereocenters. The van der Waals surface area contributed by atoms with Gasteiger partial charge >= 0.3 is 0 Å². The zero-order valence-corrected chi connectivity index (χ0v) is 18.0. The Labute approximate surface area is 181 Å². The van der Waals surface area contributed by atoms with E-state index in [9.17, 15) is 4.79 Å². The summed E-state index contributed by atoms with van der Waals surface area (Å²) in [5, 5.41) is 3.80. The van der Waals surface area contributed by atoms with Crippen molar-refractivity contribution in [2.75, 3.05) is 11.1 Å². The molecule has 152 valence electrons. The number of aromatic nitrogens is 2. The molecule has 0 spiro atoms. The highest BCUT2D eigenvalue weighted by Crippen LogP contribution is 2.28. The van der Waals surface area contributed by atoms with Gasteiger partial charge in [-0.3, -0.25) is 9.36 Å². The third kappa shape index (κ3) is 4.41. The van der Waals surface area contributed by atoms with Crippen molar-refractivity contribution >= 4 is 34.4 Å². The molecule has 0 aliphatic carbocycles. The van der Waals surface area contributed by atoms with Crippen LogP contribution in [0, 0.1) is 0 Å². The van der Waals surface area contributed by atoms with Crippen LogP contribution >= 0.6 is 11.8 Å². The SMILES string of the molecule is CCC(C)c1ccc(NC(=O)CSc2nc3ccccc3n2-c2ccccc2)cc1. The molecule has 1 N–H and O–H groups in total. The molecule has 4 rings (SSSR count). The van der Waals surface area contributed by atoms with Gasteiger partial charge < -0.3 is 5.32 Å². The van der Waals surface area contributed by atoms with E-state index in [-0.39, 0.29) is 5.91 Å². The number of nitrogens with one attached hydrogen (secondary N) is 1. The van der Waals surface area contributed by atoms with Gasteiger partial charge in [-0.15, -0.1) is 0 Å². The molecule has 0 aliphatic rings. The van der Waals surface area contributed by atoms with Crippen LogP contribution < -0.4 is 5.32 Å². The molecule has 1 amide bonds. The maximum atomic E-state index is 12.6. The third-order valence-corrected chi connectivity index (χ3v) is 6.19. The highest BCUT2D eigenvalue weighted by atomic mass is 32.2. The highest BCUT2D eigenvalue weighted by molar-refractivity contribution is 7.99. The average molecular weight is 416 g/mol. The lowest BCUT2D eigenvalue weighted by Crippen LogP contribution is -2.14. The van der Waals surface area contributed by atoms with Gasteiger partial charge in [-0.05, 0) is 54.3 Å². The second kappa shape index (κ2) is 9.18. The van der Waals surface area contributed by atoms with Crippen molar-refractivity contribution in [3.63, 3.8) is 0 Å². The van der Waals surface area contributed by atoms with E-state index in [0.29, 0.717) is 11.7 Å². The number of carbonyl (C=O) groups excluding carboxylic acids is 1. The van der Waals surface area contributed by atoms with Crippen LogP contribution in [0.2, 0.25) is 0 Å². The molecule has 30 heavy (non-hydrogen) atoms. The topological polar surface area (TPSA) is 46.9 Å². The van der Waals surface area contributed by atoms with Crippen molar-refractivity contribution < 1.29 is 4.79 Å². The number of hydrogen-bond acceptors (Lipinski definition) is 3. The van der Waals surface area contributed by atoms with Crippen LogP contribution in [0.4, 0.5) is 5.69 Å². The van der Waals surface area contributed by atoms with E-state index in [2.05, 4.69) is 54.1 Å². The van der Waals surface area contributed by atoms with E-state index in [0.717, 1.165) is 34.0 Å². The van der Waals surface area contributed by atoms with Crippen molar-refractivity contribution in [2.24, 2.45) is 0 Å². The largest absolute Gasteiger partial charge is 0.325 e. The summed E-state index contributed by atoms with van der Waals surface area (Å²) in [6.07, 6.45) is 1.10. The Morgan fingerprint density at radius 3 is 2.43 bits per heavy atom. The van der Waals surface area contributed by atoms with Gasteiger partial charge in [0.15, 0.2) is 5.16 Å². The first-order chi connectivity index (χ1) is 14.7. The van der Waals surface area contributed by atoms with Gasteiger partial charge in [0.2, 0.25) is 5.91 Å². The van der Waals surface area contributed by atoms with Crippen LogP contribution in [0.15, 0.2) is 84.0 Å². The van der Waals surface area contributed by atoms with Crippen molar-refractivity contribution in [3.05, 3.63) is 84.4 Å². The number of para-hydroxylation sites is 3. The molecule has 1 heterocycles. The zero-order chi connectivity index (χ0) is 20.9. The lowest BCUT2D eigenvalue weighted by atomic mass is 9.99. The number of fused-ring (bicyclic) bond motifs is 1. The molecule has 0 saturated carbocycles. The molecule has 5 heteroatoms. The minimum absolute atomic E-state index is 0.0389. The summed E-state index contributed by atoms with van der Waals surface area (Å²) in [7, 11) is 0. The normalized spacial score (nSPS) is 12.1. The van der Waals surface area contributed by atoms with E-state index in [1.165, 1.54) is 17.3 Å². The monoisotopic (exact) mass is 415 g/mol. The number of anilines is 1. The number of thioether (sulfide) groups is 1. The number of nitrogens with zero attached hydrogens (tertiary/aromatic N) is 2. The van der Waals surface area contributed by atoms with Gasteiger partial charge in [0.1, 0.15) is 0 Å². The minimum Gasteiger partial charge on any atom is -0.325 e.